The number of carbonyl (C=O) groups excluding carboxylic acids is 2. The number of carbonyl (C=O) groups is 3. The molecule has 0 fully saturated rings. The molecule has 1 atom stereocenters. The number of rotatable bonds is 7. The number of halogens is 2. The first kappa shape index (κ1) is 22.2. The Hall–Kier alpha value is -3.49. The molecule has 31 heavy (non-hydrogen) atoms. The second-order valence-corrected chi connectivity index (χ2v) is 7.31. The number of ether oxygens (including phenoxy) is 1. The van der Waals surface area contributed by atoms with Crippen molar-refractivity contribution in [2.24, 2.45) is 0 Å². The Labute approximate surface area is 177 Å². The van der Waals surface area contributed by atoms with E-state index >= 15 is 0 Å². The van der Waals surface area contributed by atoms with Gasteiger partial charge in [-0.2, -0.15) is 8.78 Å². The minimum atomic E-state index is -3.98. The lowest BCUT2D eigenvalue weighted by atomic mass is 9.98. The smallest absolute Gasteiger partial charge is 0.407 e. The fourth-order valence-electron chi connectivity index (χ4n) is 3.51. The molecule has 0 saturated carbocycles. The van der Waals surface area contributed by atoms with Gasteiger partial charge in [-0.25, -0.2) is 9.59 Å². The summed E-state index contributed by atoms with van der Waals surface area (Å²) >= 11 is 0. The van der Waals surface area contributed by atoms with Crippen molar-refractivity contribution in [3.63, 3.8) is 0 Å². The van der Waals surface area contributed by atoms with Gasteiger partial charge in [-0.05, 0) is 29.2 Å². The lowest BCUT2D eigenvalue weighted by Gasteiger charge is -2.26. The van der Waals surface area contributed by atoms with Gasteiger partial charge in [0, 0.05) is 13.0 Å². The summed E-state index contributed by atoms with van der Waals surface area (Å²) < 4.78 is 33.4. The average Bonchev–Trinajstić information content (AvgIpc) is 3.08. The van der Waals surface area contributed by atoms with Crippen LogP contribution in [0, 0.1) is 0 Å². The van der Waals surface area contributed by atoms with E-state index in [2.05, 4.69) is 0 Å². The van der Waals surface area contributed by atoms with Crippen LogP contribution in [0.2, 0.25) is 0 Å². The molecule has 9 heteroatoms. The summed E-state index contributed by atoms with van der Waals surface area (Å²) in [6.07, 6.45) is -1.09. The Morgan fingerprint density at radius 1 is 1.10 bits per heavy atom. The first-order valence-corrected chi connectivity index (χ1v) is 9.60. The van der Waals surface area contributed by atoms with Crippen LogP contribution < -0.4 is 5.32 Å². The molecular formula is C22H22F2N2O5. The number of amides is 2. The standard InChI is InChI=1S/C22H22F2N2O5/c1-13(19(27)28)26(2)20(29)22(23,24)12-25-21(30)31-11-18-16-9-5-3-7-14(16)15-8-4-6-10-17(15)18/h3-10,13,18H,11-12H2,1-2H3,(H,25,30)(H,27,28)/t13-/m0/s1. The molecule has 2 amide bonds. The van der Waals surface area contributed by atoms with Crippen molar-refractivity contribution < 1.29 is 33.0 Å². The summed E-state index contributed by atoms with van der Waals surface area (Å²) in [5.41, 5.74) is 4.00. The quantitative estimate of drug-likeness (QED) is 0.701. The number of fused-ring (bicyclic) bond motifs is 3. The van der Waals surface area contributed by atoms with Crippen LogP contribution in [-0.4, -0.2) is 60.1 Å². The maximum atomic E-state index is 14.1. The Morgan fingerprint density at radius 2 is 1.61 bits per heavy atom. The van der Waals surface area contributed by atoms with E-state index in [1.165, 1.54) is 0 Å². The molecule has 0 saturated heterocycles. The van der Waals surface area contributed by atoms with Crippen LogP contribution >= 0.6 is 0 Å². The van der Waals surface area contributed by atoms with Gasteiger partial charge in [-0.3, -0.25) is 4.79 Å². The van der Waals surface area contributed by atoms with Crippen molar-refractivity contribution in [3.8, 4) is 11.1 Å². The first-order valence-electron chi connectivity index (χ1n) is 9.60. The number of likely N-dealkylation sites (N-methyl/N-ethyl adjacent to an activating group) is 1. The molecule has 1 aliphatic rings. The van der Waals surface area contributed by atoms with Crippen LogP contribution in [0.4, 0.5) is 13.6 Å². The van der Waals surface area contributed by atoms with Gasteiger partial charge in [0.05, 0.1) is 6.54 Å². The lowest BCUT2D eigenvalue weighted by Crippen LogP contribution is -2.52. The van der Waals surface area contributed by atoms with Gasteiger partial charge in [-0.1, -0.05) is 48.5 Å². The molecule has 7 nitrogen and oxygen atoms in total. The predicted octanol–water partition coefficient (Wildman–Crippen LogP) is 3.09. The highest BCUT2D eigenvalue weighted by Crippen LogP contribution is 2.44. The molecule has 0 aromatic heterocycles. The highest BCUT2D eigenvalue weighted by atomic mass is 19.3. The van der Waals surface area contributed by atoms with Crippen molar-refractivity contribution in [2.75, 3.05) is 20.2 Å². The Balaban J connectivity index is 1.60. The zero-order chi connectivity index (χ0) is 22.8. The molecule has 2 N–H and O–H groups in total. The third-order valence-electron chi connectivity index (χ3n) is 5.37. The number of aliphatic carboxylic acids is 1. The molecular weight excluding hydrogens is 410 g/mol. The summed E-state index contributed by atoms with van der Waals surface area (Å²) in [5.74, 6) is -7.34. The van der Waals surface area contributed by atoms with Crippen molar-refractivity contribution >= 4 is 18.0 Å². The number of carboxylic acids is 1. The van der Waals surface area contributed by atoms with Crippen LogP contribution in [-0.2, 0) is 14.3 Å². The van der Waals surface area contributed by atoms with Crippen LogP contribution in [0.15, 0.2) is 48.5 Å². The molecule has 0 heterocycles. The summed E-state index contributed by atoms with van der Waals surface area (Å²) in [4.78, 5) is 35.2. The van der Waals surface area contributed by atoms with Crippen molar-refractivity contribution in [2.45, 2.75) is 24.8 Å². The van der Waals surface area contributed by atoms with E-state index in [-0.39, 0.29) is 12.5 Å². The van der Waals surface area contributed by atoms with Gasteiger partial charge in [0.2, 0.25) is 0 Å². The SMILES string of the molecule is C[C@@H](C(=O)O)N(C)C(=O)C(F)(F)CNC(=O)OCC1c2ccccc2-c2ccccc21. The molecule has 0 unspecified atom stereocenters. The molecule has 0 bridgehead atoms. The number of alkyl carbamates (subject to hydrolysis) is 1. The zero-order valence-corrected chi connectivity index (χ0v) is 17.0. The van der Waals surface area contributed by atoms with E-state index in [0.717, 1.165) is 36.2 Å². The number of benzene rings is 2. The molecule has 3 rings (SSSR count). The van der Waals surface area contributed by atoms with Gasteiger partial charge in [-0.15, -0.1) is 0 Å². The second kappa shape index (κ2) is 8.71. The fraction of sp³-hybridized carbons (Fsp3) is 0.318. The Morgan fingerprint density at radius 3 is 2.13 bits per heavy atom. The highest BCUT2D eigenvalue weighted by Gasteiger charge is 2.43. The number of nitrogens with zero attached hydrogens (tertiary/aromatic N) is 1. The third kappa shape index (κ3) is 4.50. The normalized spacial score (nSPS) is 13.7. The van der Waals surface area contributed by atoms with Crippen LogP contribution in [0.5, 0.6) is 0 Å². The van der Waals surface area contributed by atoms with Gasteiger partial charge in [0.1, 0.15) is 12.6 Å². The van der Waals surface area contributed by atoms with Crippen LogP contribution in [0.3, 0.4) is 0 Å². The molecule has 1 aliphatic carbocycles. The number of carboxylic acid groups (broad SMARTS) is 1. The Bertz CT molecular complexity index is 965. The maximum Gasteiger partial charge on any atom is 0.407 e. The minimum absolute atomic E-state index is 0.0602. The van der Waals surface area contributed by atoms with E-state index in [4.69, 9.17) is 9.84 Å². The minimum Gasteiger partial charge on any atom is -0.480 e. The predicted molar refractivity (Wildman–Crippen MR) is 108 cm³/mol. The molecule has 2 aromatic carbocycles. The average molecular weight is 432 g/mol. The van der Waals surface area contributed by atoms with Gasteiger partial charge < -0.3 is 20.1 Å². The third-order valence-corrected chi connectivity index (χ3v) is 5.37. The van der Waals surface area contributed by atoms with Crippen LogP contribution in [0.1, 0.15) is 24.0 Å². The molecule has 0 radical (unpaired) electrons. The van der Waals surface area contributed by atoms with Crippen LogP contribution in [0.25, 0.3) is 11.1 Å². The number of hydrogen-bond donors (Lipinski definition) is 2. The molecule has 164 valence electrons. The van der Waals surface area contributed by atoms with E-state index in [1.54, 1.807) is 0 Å². The van der Waals surface area contributed by atoms with E-state index in [0.29, 0.717) is 4.90 Å². The van der Waals surface area contributed by atoms with E-state index in [9.17, 15) is 23.2 Å². The number of hydrogen-bond acceptors (Lipinski definition) is 4. The zero-order valence-electron chi connectivity index (χ0n) is 17.0. The summed E-state index contributed by atoms with van der Waals surface area (Å²) in [5, 5.41) is 10.8. The maximum absolute atomic E-state index is 14.1. The summed E-state index contributed by atoms with van der Waals surface area (Å²) in [6, 6.07) is 13.9. The highest BCUT2D eigenvalue weighted by molar-refractivity contribution is 5.88. The van der Waals surface area contributed by atoms with Gasteiger partial charge >= 0.3 is 18.0 Å². The topological polar surface area (TPSA) is 95.9 Å². The van der Waals surface area contributed by atoms with Crippen molar-refractivity contribution in [1.82, 2.24) is 10.2 Å². The first-order chi connectivity index (χ1) is 14.6. The largest absolute Gasteiger partial charge is 0.480 e. The molecule has 2 aromatic rings. The van der Waals surface area contributed by atoms with Crippen molar-refractivity contribution in [3.05, 3.63) is 59.7 Å². The monoisotopic (exact) mass is 432 g/mol. The Kier molecular flexibility index (Phi) is 6.24. The van der Waals surface area contributed by atoms with E-state index < -0.39 is 36.5 Å². The molecule has 0 spiro atoms. The van der Waals surface area contributed by atoms with Crippen molar-refractivity contribution in [1.29, 1.82) is 0 Å². The summed E-state index contributed by atoms with van der Waals surface area (Å²) in [6.45, 7) is -0.260. The second-order valence-electron chi connectivity index (χ2n) is 7.31. The van der Waals surface area contributed by atoms with E-state index in [1.807, 2.05) is 53.8 Å². The van der Waals surface area contributed by atoms with Gasteiger partial charge in [0.25, 0.3) is 5.91 Å². The van der Waals surface area contributed by atoms with Gasteiger partial charge in [0.15, 0.2) is 0 Å². The number of alkyl halides is 2. The molecule has 0 aliphatic heterocycles. The fourth-order valence-corrected chi connectivity index (χ4v) is 3.51. The number of nitrogens with one attached hydrogen (secondary N) is 1. The lowest BCUT2D eigenvalue weighted by molar-refractivity contribution is -0.162. The summed E-state index contributed by atoms with van der Waals surface area (Å²) in [7, 11) is 0.961.